The number of likely N-dealkylation sites (tertiary alicyclic amines) is 1. The van der Waals surface area contributed by atoms with Crippen molar-refractivity contribution < 1.29 is 9.59 Å². The van der Waals surface area contributed by atoms with Gasteiger partial charge in [0.1, 0.15) is 6.04 Å². The predicted octanol–water partition coefficient (Wildman–Crippen LogP) is 5.15. The molecule has 2 amide bonds. The molecule has 2 heterocycles. The first-order valence-electron chi connectivity index (χ1n) is 13.1. The Labute approximate surface area is 206 Å². The van der Waals surface area contributed by atoms with Crippen LogP contribution in [0.5, 0.6) is 0 Å². The van der Waals surface area contributed by atoms with Crippen molar-refractivity contribution in [3.63, 3.8) is 0 Å². The molecule has 0 saturated carbocycles. The molecule has 2 aliphatic heterocycles. The first-order chi connectivity index (χ1) is 15.7. The summed E-state index contributed by atoms with van der Waals surface area (Å²) in [5.41, 5.74) is 2.51. The summed E-state index contributed by atoms with van der Waals surface area (Å²) >= 11 is 0. The van der Waals surface area contributed by atoms with E-state index >= 15 is 0 Å². The normalized spacial score (nSPS) is 19.6. The van der Waals surface area contributed by atoms with Gasteiger partial charge in [0.05, 0.1) is 6.04 Å². The number of amides is 2. The molecular formula is C27H44ClN3O2. The second-order valence-corrected chi connectivity index (χ2v) is 9.57. The molecule has 1 aromatic carbocycles. The fraction of sp³-hybridized carbons (Fsp3) is 0.704. The summed E-state index contributed by atoms with van der Waals surface area (Å²) in [6.45, 7) is 4.39. The number of carbonyl (C=O) groups excluding carboxylic acids is 2. The van der Waals surface area contributed by atoms with E-state index in [1.165, 1.54) is 68.9 Å². The van der Waals surface area contributed by atoms with Crippen LogP contribution in [0.15, 0.2) is 24.3 Å². The van der Waals surface area contributed by atoms with Crippen molar-refractivity contribution in [2.24, 2.45) is 0 Å². The van der Waals surface area contributed by atoms with E-state index in [2.05, 4.69) is 29.7 Å². The quantitative estimate of drug-likeness (QED) is 0.386. The van der Waals surface area contributed by atoms with E-state index in [1.54, 1.807) is 0 Å². The number of nitrogens with one attached hydrogen (secondary N) is 2. The molecule has 1 saturated heterocycles. The van der Waals surface area contributed by atoms with Crippen LogP contribution in [0.1, 0.15) is 95.1 Å². The highest BCUT2D eigenvalue weighted by atomic mass is 35.5. The fourth-order valence-electron chi connectivity index (χ4n) is 5.07. The zero-order chi connectivity index (χ0) is 22.6. The molecule has 1 unspecified atom stereocenters. The van der Waals surface area contributed by atoms with E-state index in [0.29, 0.717) is 13.0 Å². The van der Waals surface area contributed by atoms with Crippen LogP contribution in [0.3, 0.4) is 0 Å². The maximum absolute atomic E-state index is 13.2. The van der Waals surface area contributed by atoms with E-state index in [9.17, 15) is 9.59 Å². The Morgan fingerprint density at radius 3 is 2.30 bits per heavy atom. The third-order valence-corrected chi connectivity index (χ3v) is 7.05. The molecule has 5 nitrogen and oxygen atoms in total. The van der Waals surface area contributed by atoms with Crippen LogP contribution in [-0.2, 0) is 22.6 Å². The molecular weight excluding hydrogens is 434 g/mol. The number of hydrogen-bond donors (Lipinski definition) is 2. The van der Waals surface area contributed by atoms with Crippen LogP contribution in [0.4, 0.5) is 0 Å². The van der Waals surface area contributed by atoms with Crippen LogP contribution >= 0.6 is 12.4 Å². The Bertz CT molecular complexity index is 727. The van der Waals surface area contributed by atoms with Gasteiger partial charge >= 0.3 is 0 Å². The molecule has 0 aliphatic carbocycles. The lowest BCUT2D eigenvalue weighted by atomic mass is 9.95. The molecule has 0 radical (unpaired) electrons. The van der Waals surface area contributed by atoms with Crippen LogP contribution in [0, 0.1) is 0 Å². The van der Waals surface area contributed by atoms with E-state index < -0.39 is 0 Å². The highest BCUT2D eigenvalue weighted by Gasteiger charge is 2.37. The summed E-state index contributed by atoms with van der Waals surface area (Å²) in [6, 6.07) is 7.77. The van der Waals surface area contributed by atoms with E-state index in [4.69, 9.17) is 0 Å². The van der Waals surface area contributed by atoms with Gasteiger partial charge in [-0.3, -0.25) is 9.59 Å². The number of benzene rings is 1. The summed E-state index contributed by atoms with van der Waals surface area (Å²) in [5, 5.41) is 6.48. The molecule has 0 spiro atoms. The standard InChI is InChI=1S/C27H43N3O2.ClH/c1-2-3-4-5-6-7-8-9-10-13-18-28-26(31)25-17-14-19-30(25)27(32)24-20-22-15-11-12-16-23(22)21-29-24;/h11-12,15-16,24-25,29H,2-10,13-14,17-21H2,1H3,(H,28,31);1H/t24-,25?;/m0./s1. The maximum atomic E-state index is 13.2. The number of rotatable bonds is 13. The highest BCUT2D eigenvalue weighted by molar-refractivity contribution is 5.90. The third kappa shape index (κ3) is 8.60. The van der Waals surface area contributed by atoms with Crippen molar-refractivity contribution in [2.45, 2.75) is 109 Å². The number of unbranched alkanes of at least 4 members (excludes halogenated alkanes) is 9. The summed E-state index contributed by atoms with van der Waals surface area (Å²) in [7, 11) is 0. The Hall–Kier alpha value is -1.59. The van der Waals surface area contributed by atoms with E-state index in [0.717, 1.165) is 32.4 Å². The minimum absolute atomic E-state index is 0. The molecule has 0 bridgehead atoms. The lowest BCUT2D eigenvalue weighted by molar-refractivity contribution is -0.140. The summed E-state index contributed by atoms with van der Waals surface area (Å²) in [4.78, 5) is 27.8. The van der Waals surface area contributed by atoms with Gasteiger partial charge in [0, 0.05) is 19.6 Å². The zero-order valence-electron chi connectivity index (χ0n) is 20.4. The Morgan fingerprint density at radius 2 is 1.61 bits per heavy atom. The molecule has 6 heteroatoms. The number of carbonyl (C=O) groups is 2. The number of hydrogen-bond acceptors (Lipinski definition) is 3. The minimum atomic E-state index is -0.301. The largest absolute Gasteiger partial charge is 0.354 e. The molecule has 2 aliphatic rings. The number of halogens is 1. The first kappa shape index (κ1) is 27.7. The maximum Gasteiger partial charge on any atom is 0.242 e. The third-order valence-electron chi connectivity index (χ3n) is 7.05. The smallest absolute Gasteiger partial charge is 0.242 e. The van der Waals surface area contributed by atoms with Crippen molar-refractivity contribution in [1.29, 1.82) is 0 Å². The molecule has 0 aromatic heterocycles. The predicted molar refractivity (Wildman–Crippen MR) is 138 cm³/mol. The molecule has 33 heavy (non-hydrogen) atoms. The fourth-order valence-corrected chi connectivity index (χ4v) is 5.07. The molecule has 1 fully saturated rings. The van der Waals surface area contributed by atoms with Crippen LogP contribution < -0.4 is 10.6 Å². The lowest BCUT2D eigenvalue weighted by Gasteiger charge is -2.31. The number of fused-ring (bicyclic) bond motifs is 1. The molecule has 3 rings (SSSR count). The van der Waals surface area contributed by atoms with Gasteiger partial charge in [0.15, 0.2) is 0 Å². The van der Waals surface area contributed by atoms with E-state index in [1.807, 2.05) is 17.0 Å². The first-order valence-corrected chi connectivity index (χ1v) is 13.1. The van der Waals surface area contributed by atoms with Crippen LogP contribution in [0.25, 0.3) is 0 Å². The summed E-state index contributed by atoms with van der Waals surface area (Å²) in [5.74, 6) is 0.110. The van der Waals surface area contributed by atoms with Crippen LogP contribution in [-0.4, -0.2) is 41.9 Å². The van der Waals surface area contributed by atoms with Gasteiger partial charge in [-0.25, -0.2) is 0 Å². The monoisotopic (exact) mass is 477 g/mol. The highest BCUT2D eigenvalue weighted by Crippen LogP contribution is 2.22. The SMILES string of the molecule is CCCCCCCCCCCCNC(=O)C1CCCN1C(=O)[C@@H]1Cc2ccccc2CN1.Cl. The number of nitrogens with zero attached hydrogens (tertiary/aromatic N) is 1. The second-order valence-electron chi connectivity index (χ2n) is 9.57. The average Bonchev–Trinajstić information content (AvgIpc) is 3.32. The Kier molecular flexibility index (Phi) is 12.9. The zero-order valence-corrected chi connectivity index (χ0v) is 21.3. The Balaban J connectivity index is 0.00000385. The van der Waals surface area contributed by atoms with Gasteiger partial charge in [-0.1, -0.05) is 89.0 Å². The molecule has 2 atom stereocenters. The van der Waals surface area contributed by atoms with Gasteiger partial charge in [-0.15, -0.1) is 12.4 Å². The van der Waals surface area contributed by atoms with Gasteiger partial charge < -0.3 is 15.5 Å². The van der Waals surface area contributed by atoms with Gasteiger partial charge in [0.2, 0.25) is 11.8 Å². The van der Waals surface area contributed by atoms with Gasteiger partial charge in [-0.2, -0.15) is 0 Å². The molecule has 1 aromatic rings. The van der Waals surface area contributed by atoms with Crippen molar-refractivity contribution in [3.05, 3.63) is 35.4 Å². The van der Waals surface area contributed by atoms with Crippen molar-refractivity contribution in [3.8, 4) is 0 Å². The van der Waals surface area contributed by atoms with Gasteiger partial charge in [-0.05, 0) is 36.8 Å². The van der Waals surface area contributed by atoms with Crippen molar-refractivity contribution in [2.75, 3.05) is 13.1 Å². The lowest BCUT2D eigenvalue weighted by Crippen LogP contribution is -2.54. The van der Waals surface area contributed by atoms with Gasteiger partial charge in [0.25, 0.3) is 0 Å². The Morgan fingerprint density at radius 1 is 0.970 bits per heavy atom. The summed E-state index contributed by atoms with van der Waals surface area (Å²) in [6.07, 6.45) is 15.3. The van der Waals surface area contributed by atoms with Crippen LogP contribution in [0.2, 0.25) is 0 Å². The topological polar surface area (TPSA) is 61.4 Å². The molecule has 2 N–H and O–H groups in total. The van der Waals surface area contributed by atoms with E-state index in [-0.39, 0.29) is 36.3 Å². The second kappa shape index (κ2) is 15.3. The molecule has 186 valence electrons. The van der Waals surface area contributed by atoms with Crippen molar-refractivity contribution >= 4 is 24.2 Å². The van der Waals surface area contributed by atoms with Crippen molar-refractivity contribution in [1.82, 2.24) is 15.5 Å². The average molecular weight is 478 g/mol. The minimum Gasteiger partial charge on any atom is -0.354 e. The summed E-state index contributed by atoms with van der Waals surface area (Å²) < 4.78 is 0.